The van der Waals surface area contributed by atoms with Crippen molar-refractivity contribution in [3.05, 3.63) is 121 Å². The molecule has 4 aromatic carbocycles. The van der Waals surface area contributed by atoms with E-state index in [0.717, 1.165) is 11.3 Å². The Morgan fingerprint density at radius 3 is 1.34 bits per heavy atom. The van der Waals surface area contributed by atoms with E-state index in [-0.39, 0.29) is 0 Å². The highest BCUT2D eigenvalue weighted by Gasteiger charge is 2.41. The van der Waals surface area contributed by atoms with Crippen molar-refractivity contribution in [3.63, 3.8) is 0 Å². The highest BCUT2D eigenvalue weighted by Crippen LogP contribution is 2.16. The first-order chi connectivity index (χ1) is 14.3. The average molecular weight is 397 g/mol. The van der Waals surface area contributed by atoms with Crippen molar-refractivity contribution in [2.75, 3.05) is 7.11 Å². The van der Waals surface area contributed by atoms with Gasteiger partial charge in [-0.3, -0.25) is 0 Å². The first-order valence-electron chi connectivity index (χ1n) is 9.76. The molecular weight excluding hydrogens is 372 g/mol. The molecule has 0 atom stereocenters. The van der Waals surface area contributed by atoms with E-state index < -0.39 is 8.32 Å². The van der Waals surface area contributed by atoms with Crippen molar-refractivity contribution in [2.24, 2.45) is 0 Å². The fraction of sp³-hybridized carbons (Fsp3) is 0.0769. The Morgan fingerprint density at radius 2 is 0.966 bits per heavy atom. The van der Waals surface area contributed by atoms with Gasteiger partial charge in [0.15, 0.2) is 0 Å². The lowest BCUT2D eigenvalue weighted by atomic mass is 10.2. The molecule has 0 heterocycles. The number of hydrogen-bond acceptors (Lipinski definition) is 2. The molecule has 4 aromatic rings. The number of ether oxygens (including phenoxy) is 1. The van der Waals surface area contributed by atoms with Crippen molar-refractivity contribution in [2.45, 2.75) is 6.61 Å². The summed E-state index contributed by atoms with van der Waals surface area (Å²) in [5, 5.41) is 3.72. The monoisotopic (exact) mass is 396 g/mol. The fourth-order valence-electron chi connectivity index (χ4n) is 3.68. The second kappa shape index (κ2) is 8.91. The van der Waals surface area contributed by atoms with Crippen molar-refractivity contribution in [1.82, 2.24) is 0 Å². The van der Waals surface area contributed by atoms with Crippen molar-refractivity contribution >= 4 is 23.9 Å². The van der Waals surface area contributed by atoms with Gasteiger partial charge in [-0.05, 0) is 33.3 Å². The SMILES string of the molecule is COc1ccc(CO[Si](c2ccccc2)(c2ccccc2)c2ccccc2)cc1. The van der Waals surface area contributed by atoms with Gasteiger partial charge >= 0.3 is 0 Å². The van der Waals surface area contributed by atoms with Gasteiger partial charge in [0, 0.05) is 0 Å². The molecular formula is C26H24O2Si. The molecule has 0 saturated carbocycles. The quantitative estimate of drug-likeness (QED) is 0.349. The third kappa shape index (κ3) is 4.02. The van der Waals surface area contributed by atoms with Crippen LogP contribution in [0.2, 0.25) is 0 Å². The third-order valence-corrected chi connectivity index (χ3v) is 9.17. The van der Waals surface area contributed by atoms with E-state index in [0.29, 0.717) is 6.61 Å². The van der Waals surface area contributed by atoms with Crippen LogP contribution in [-0.4, -0.2) is 15.4 Å². The van der Waals surface area contributed by atoms with Crippen molar-refractivity contribution in [3.8, 4) is 5.75 Å². The molecule has 0 radical (unpaired) electrons. The molecule has 2 nitrogen and oxygen atoms in total. The molecule has 0 spiro atoms. The van der Waals surface area contributed by atoms with Crippen LogP contribution in [0.1, 0.15) is 5.56 Å². The molecule has 0 aromatic heterocycles. The van der Waals surface area contributed by atoms with Crippen LogP contribution in [0.25, 0.3) is 0 Å². The zero-order valence-electron chi connectivity index (χ0n) is 16.5. The summed E-state index contributed by atoms with van der Waals surface area (Å²) in [6.45, 7) is 0.537. The van der Waals surface area contributed by atoms with Crippen LogP contribution in [-0.2, 0) is 11.0 Å². The van der Waals surface area contributed by atoms with Gasteiger partial charge in [-0.1, -0.05) is 103 Å². The van der Waals surface area contributed by atoms with E-state index in [1.165, 1.54) is 15.6 Å². The van der Waals surface area contributed by atoms with E-state index >= 15 is 0 Å². The minimum Gasteiger partial charge on any atom is -0.497 e. The number of hydrogen-bond donors (Lipinski definition) is 0. The zero-order chi connectivity index (χ0) is 19.9. The minimum atomic E-state index is -2.66. The van der Waals surface area contributed by atoms with E-state index in [1.54, 1.807) is 7.11 Å². The zero-order valence-corrected chi connectivity index (χ0v) is 17.5. The summed E-state index contributed by atoms with van der Waals surface area (Å²) in [5.41, 5.74) is 1.13. The van der Waals surface area contributed by atoms with Gasteiger partial charge in [0.2, 0.25) is 0 Å². The summed E-state index contributed by atoms with van der Waals surface area (Å²) in [7, 11) is -0.976. The summed E-state index contributed by atoms with van der Waals surface area (Å²) in [5.74, 6) is 0.853. The maximum Gasteiger partial charge on any atom is 0.288 e. The maximum absolute atomic E-state index is 6.95. The van der Waals surface area contributed by atoms with Gasteiger partial charge in [-0.25, -0.2) is 0 Å². The number of rotatable bonds is 7. The van der Waals surface area contributed by atoms with Gasteiger partial charge in [0.05, 0.1) is 13.7 Å². The lowest BCUT2D eigenvalue weighted by Gasteiger charge is -2.33. The Bertz CT molecular complexity index is 920. The summed E-state index contributed by atoms with van der Waals surface area (Å²) in [4.78, 5) is 0. The molecule has 0 N–H and O–H groups in total. The number of methoxy groups -OCH3 is 1. The summed E-state index contributed by atoms with van der Waals surface area (Å²) in [6, 6.07) is 40.0. The lowest BCUT2D eigenvalue weighted by molar-refractivity contribution is 0.311. The Morgan fingerprint density at radius 1 is 0.552 bits per heavy atom. The second-order valence-corrected chi connectivity index (χ2v) is 10.3. The van der Waals surface area contributed by atoms with Gasteiger partial charge in [0.1, 0.15) is 5.75 Å². The van der Waals surface area contributed by atoms with E-state index in [9.17, 15) is 0 Å². The number of benzene rings is 4. The highest BCUT2D eigenvalue weighted by atomic mass is 28.4. The summed E-state index contributed by atoms with van der Waals surface area (Å²) >= 11 is 0. The Hall–Kier alpha value is -3.14. The molecule has 3 heteroatoms. The van der Waals surface area contributed by atoms with Crippen LogP contribution >= 0.6 is 0 Å². The summed E-state index contributed by atoms with van der Waals surface area (Å²) in [6.07, 6.45) is 0. The normalized spacial score (nSPS) is 11.2. The van der Waals surface area contributed by atoms with Crippen molar-refractivity contribution in [1.29, 1.82) is 0 Å². The molecule has 0 amide bonds. The smallest absolute Gasteiger partial charge is 0.288 e. The average Bonchev–Trinajstić information content (AvgIpc) is 2.82. The van der Waals surface area contributed by atoms with Crippen LogP contribution < -0.4 is 20.3 Å². The predicted octanol–water partition coefficient (Wildman–Crippen LogP) is 3.88. The summed E-state index contributed by atoms with van der Waals surface area (Å²) < 4.78 is 12.2. The molecule has 4 rings (SSSR count). The topological polar surface area (TPSA) is 18.5 Å². The first-order valence-corrected chi connectivity index (χ1v) is 11.7. The predicted molar refractivity (Wildman–Crippen MR) is 122 cm³/mol. The van der Waals surface area contributed by atoms with Crippen LogP contribution in [0.3, 0.4) is 0 Å². The molecule has 144 valence electrons. The van der Waals surface area contributed by atoms with Gasteiger partial charge in [0.25, 0.3) is 8.32 Å². The van der Waals surface area contributed by atoms with Crippen LogP contribution in [0, 0.1) is 0 Å². The van der Waals surface area contributed by atoms with Crippen molar-refractivity contribution < 1.29 is 9.16 Å². The second-order valence-electron chi connectivity index (χ2n) is 6.92. The first kappa shape index (κ1) is 19.2. The van der Waals surface area contributed by atoms with E-state index in [1.807, 2.05) is 12.1 Å². The molecule has 0 unspecified atom stereocenters. The molecule has 0 aliphatic rings. The van der Waals surface area contributed by atoms with Crippen LogP contribution in [0.4, 0.5) is 0 Å². The van der Waals surface area contributed by atoms with E-state index in [2.05, 4.69) is 103 Å². The molecule has 0 aliphatic carbocycles. The standard InChI is InChI=1S/C26H24O2Si/c1-27-23-19-17-22(18-20-23)21-28-29(24-11-5-2-6-12-24,25-13-7-3-8-14-25)26-15-9-4-10-16-26/h2-20H,21H2,1H3. The van der Waals surface area contributed by atoms with Gasteiger partial charge in [-0.2, -0.15) is 0 Å². The van der Waals surface area contributed by atoms with Crippen LogP contribution in [0.15, 0.2) is 115 Å². The highest BCUT2D eigenvalue weighted by molar-refractivity contribution is 7.07. The molecule has 29 heavy (non-hydrogen) atoms. The lowest BCUT2D eigenvalue weighted by Crippen LogP contribution is -2.69. The fourth-order valence-corrected chi connectivity index (χ4v) is 7.55. The molecule has 0 saturated heterocycles. The van der Waals surface area contributed by atoms with Gasteiger partial charge < -0.3 is 9.16 Å². The maximum atomic E-state index is 6.95. The minimum absolute atomic E-state index is 0.537. The Kier molecular flexibility index (Phi) is 5.89. The Balaban J connectivity index is 1.83. The van der Waals surface area contributed by atoms with E-state index in [4.69, 9.17) is 9.16 Å². The third-order valence-electron chi connectivity index (χ3n) is 5.16. The largest absolute Gasteiger partial charge is 0.497 e. The molecule has 0 aliphatic heterocycles. The molecule has 0 fully saturated rings. The van der Waals surface area contributed by atoms with Gasteiger partial charge in [-0.15, -0.1) is 0 Å². The molecule has 0 bridgehead atoms. The van der Waals surface area contributed by atoms with Crippen LogP contribution in [0.5, 0.6) is 5.75 Å². The Labute approximate surface area is 173 Å².